The first-order chi connectivity index (χ1) is 8.01. The Labute approximate surface area is 115 Å². The van der Waals surface area contributed by atoms with E-state index in [0.717, 1.165) is 12.5 Å². The van der Waals surface area contributed by atoms with E-state index in [0.29, 0.717) is 22.9 Å². The minimum absolute atomic E-state index is 0.351. The molecular formula is C16H34N2. The Balaban J connectivity index is 2.63. The maximum atomic E-state index is 3.71. The zero-order valence-electron chi connectivity index (χ0n) is 13.8. The molecule has 2 heteroatoms. The van der Waals surface area contributed by atoms with E-state index in [9.17, 15) is 0 Å². The van der Waals surface area contributed by atoms with Crippen LogP contribution in [-0.2, 0) is 0 Å². The highest BCUT2D eigenvalue weighted by molar-refractivity contribution is 4.91. The second-order valence-electron chi connectivity index (χ2n) is 8.40. The average molecular weight is 254 g/mol. The fourth-order valence-corrected chi connectivity index (χ4v) is 2.38. The number of nitrogens with one attached hydrogen (secondary N) is 1. The molecule has 0 radical (unpaired) electrons. The molecule has 1 saturated heterocycles. The Kier molecular flexibility index (Phi) is 4.88. The molecule has 0 amide bonds. The van der Waals surface area contributed by atoms with E-state index in [4.69, 9.17) is 0 Å². The standard InChI is InChI=1S/C16H34N2/c1-12(15(3,4)5)10-18-11-14(16(6,7)8)17-9-13(18)2/h12-14,17H,9-11H2,1-8H3. The summed E-state index contributed by atoms with van der Waals surface area (Å²) in [5.41, 5.74) is 0.755. The van der Waals surface area contributed by atoms with Crippen molar-refractivity contribution in [2.24, 2.45) is 16.7 Å². The van der Waals surface area contributed by atoms with Crippen molar-refractivity contribution >= 4 is 0 Å². The first-order valence-corrected chi connectivity index (χ1v) is 7.49. The third-order valence-corrected chi connectivity index (χ3v) is 4.73. The van der Waals surface area contributed by atoms with Crippen molar-refractivity contribution in [2.75, 3.05) is 19.6 Å². The lowest BCUT2D eigenvalue weighted by molar-refractivity contribution is 0.0622. The highest BCUT2D eigenvalue weighted by atomic mass is 15.2. The van der Waals surface area contributed by atoms with Crippen LogP contribution in [0.15, 0.2) is 0 Å². The SMILES string of the molecule is CC1CNC(C(C)(C)C)CN1CC(C)C(C)(C)C. The third kappa shape index (κ3) is 4.24. The number of nitrogens with zero attached hydrogens (tertiary/aromatic N) is 1. The van der Waals surface area contributed by atoms with E-state index >= 15 is 0 Å². The highest BCUT2D eigenvalue weighted by Crippen LogP contribution is 2.29. The van der Waals surface area contributed by atoms with Gasteiger partial charge < -0.3 is 5.32 Å². The molecular weight excluding hydrogens is 220 g/mol. The predicted octanol–water partition coefficient (Wildman–Crippen LogP) is 3.38. The number of hydrogen-bond donors (Lipinski definition) is 1. The molecule has 3 unspecified atom stereocenters. The van der Waals surface area contributed by atoms with Gasteiger partial charge in [-0.2, -0.15) is 0 Å². The Hall–Kier alpha value is -0.0800. The summed E-state index contributed by atoms with van der Waals surface area (Å²) in [5, 5.41) is 3.71. The average Bonchev–Trinajstić information content (AvgIpc) is 2.18. The monoisotopic (exact) mass is 254 g/mol. The molecule has 1 rings (SSSR count). The van der Waals surface area contributed by atoms with E-state index in [1.54, 1.807) is 0 Å². The fourth-order valence-electron chi connectivity index (χ4n) is 2.38. The van der Waals surface area contributed by atoms with Crippen LogP contribution in [-0.4, -0.2) is 36.6 Å². The van der Waals surface area contributed by atoms with Crippen molar-refractivity contribution in [1.29, 1.82) is 0 Å². The van der Waals surface area contributed by atoms with Crippen LogP contribution in [0.25, 0.3) is 0 Å². The Morgan fingerprint density at radius 1 is 1.17 bits per heavy atom. The van der Waals surface area contributed by atoms with Crippen molar-refractivity contribution < 1.29 is 0 Å². The van der Waals surface area contributed by atoms with Crippen LogP contribution in [0.1, 0.15) is 55.4 Å². The van der Waals surface area contributed by atoms with Crippen LogP contribution in [0, 0.1) is 16.7 Å². The summed E-state index contributed by atoms with van der Waals surface area (Å²) in [6.45, 7) is 22.3. The molecule has 0 aliphatic carbocycles. The van der Waals surface area contributed by atoms with E-state index in [1.165, 1.54) is 13.1 Å². The van der Waals surface area contributed by atoms with Gasteiger partial charge in [-0.15, -0.1) is 0 Å². The van der Waals surface area contributed by atoms with Gasteiger partial charge in [0, 0.05) is 31.7 Å². The topological polar surface area (TPSA) is 15.3 Å². The van der Waals surface area contributed by atoms with Gasteiger partial charge in [-0.3, -0.25) is 4.90 Å². The van der Waals surface area contributed by atoms with Gasteiger partial charge in [-0.1, -0.05) is 48.5 Å². The van der Waals surface area contributed by atoms with Crippen LogP contribution in [0.3, 0.4) is 0 Å². The molecule has 1 fully saturated rings. The Morgan fingerprint density at radius 3 is 2.17 bits per heavy atom. The molecule has 0 spiro atoms. The second-order valence-corrected chi connectivity index (χ2v) is 8.40. The predicted molar refractivity (Wildman–Crippen MR) is 80.9 cm³/mol. The molecule has 3 atom stereocenters. The smallest absolute Gasteiger partial charge is 0.0244 e. The van der Waals surface area contributed by atoms with Gasteiger partial charge in [-0.25, -0.2) is 0 Å². The Morgan fingerprint density at radius 2 is 1.72 bits per heavy atom. The maximum absolute atomic E-state index is 3.71. The van der Waals surface area contributed by atoms with Crippen LogP contribution in [0.4, 0.5) is 0 Å². The molecule has 1 aliphatic rings. The first kappa shape index (κ1) is 16.0. The fraction of sp³-hybridized carbons (Fsp3) is 1.00. The lowest BCUT2D eigenvalue weighted by Gasteiger charge is -2.46. The van der Waals surface area contributed by atoms with Crippen molar-refractivity contribution in [3.8, 4) is 0 Å². The molecule has 0 saturated carbocycles. The molecule has 1 heterocycles. The zero-order valence-corrected chi connectivity index (χ0v) is 13.8. The van der Waals surface area contributed by atoms with Crippen LogP contribution >= 0.6 is 0 Å². The Bertz CT molecular complexity index is 257. The summed E-state index contributed by atoms with van der Waals surface area (Å²) >= 11 is 0. The van der Waals surface area contributed by atoms with Crippen molar-refractivity contribution in [3.63, 3.8) is 0 Å². The van der Waals surface area contributed by atoms with E-state index in [1.807, 2.05) is 0 Å². The van der Waals surface area contributed by atoms with E-state index < -0.39 is 0 Å². The minimum Gasteiger partial charge on any atom is -0.311 e. The van der Waals surface area contributed by atoms with Gasteiger partial charge in [0.25, 0.3) is 0 Å². The molecule has 0 aromatic carbocycles. The molecule has 108 valence electrons. The molecule has 0 aromatic rings. The quantitative estimate of drug-likeness (QED) is 0.813. The highest BCUT2D eigenvalue weighted by Gasteiger charge is 2.34. The second kappa shape index (κ2) is 5.50. The van der Waals surface area contributed by atoms with E-state index in [-0.39, 0.29) is 0 Å². The van der Waals surface area contributed by atoms with E-state index in [2.05, 4.69) is 65.6 Å². The summed E-state index contributed by atoms with van der Waals surface area (Å²) in [5.74, 6) is 0.735. The molecule has 2 nitrogen and oxygen atoms in total. The zero-order chi connectivity index (χ0) is 14.1. The summed E-state index contributed by atoms with van der Waals surface area (Å²) < 4.78 is 0. The summed E-state index contributed by atoms with van der Waals surface area (Å²) in [6, 6.07) is 1.27. The number of rotatable bonds is 2. The first-order valence-electron chi connectivity index (χ1n) is 7.49. The minimum atomic E-state index is 0.351. The third-order valence-electron chi connectivity index (χ3n) is 4.73. The van der Waals surface area contributed by atoms with Gasteiger partial charge in [0.05, 0.1) is 0 Å². The summed E-state index contributed by atoms with van der Waals surface area (Å²) in [7, 11) is 0. The normalized spacial score (nSPS) is 29.3. The number of hydrogen-bond acceptors (Lipinski definition) is 2. The van der Waals surface area contributed by atoms with Gasteiger partial charge in [0.1, 0.15) is 0 Å². The molecule has 18 heavy (non-hydrogen) atoms. The van der Waals surface area contributed by atoms with Crippen molar-refractivity contribution in [1.82, 2.24) is 10.2 Å². The summed E-state index contributed by atoms with van der Waals surface area (Å²) in [4.78, 5) is 2.68. The lowest BCUT2D eigenvalue weighted by atomic mass is 9.80. The van der Waals surface area contributed by atoms with Crippen LogP contribution in [0.5, 0.6) is 0 Å². The molecule has 0 bridgehead atoms. The molecule has 1 aliphatic heterocycles. The van der Waals surface area contributed by atoms with Gasteiger partial charge >= 0.3 is 0 Å². The van der Waals surface area contributed by atoms with Crippen molar-refractivity contribution in [3.05, 3.63) is 0 Å². The maximum Gasteiger partial charge on any atom is 0.0244 e. The summed E-state index contributed by atoms with van der Waals surface area (Å²) in [6.07, 6.45) is 0. The van der Waals surface area contributed by atoms with Gasteiger partial charge in [0.2, 0.25) is 0 Å². The van der Waals surface area contributed by atoms with Crippen molar-refractivity contribution in [2.45, 2.75) is 67.5 Å². The molecule has 0 aromatic heterocycles. The lowest BCUT2D eigenvalue weighted by Crippen LogP contribution is -2.60. The van der Waals surface area contributed by atoms with Gasteiger partial charge in [0.15, 0.2) is 0 Å². The largest absolute Gasteiger partial charge is 0.311 e. The number of piperazine rings is 1. The van der Waals surface area contributed by atoms with Gasteiger partial charge in [-0.05, 0) is 23.7 Å². The van der Waals surface area contributed by atoms with Crippen LogP contribution in [0.2, 0.25) is 0 Å². The van der Waals surface area contributed by atoms with Crippen LogP contribution < -0.4 is 5.32 Å². The molecule has 1 N–H and O–H groups in total.